The number of aliphatic hydroxyl groups is 1. The lowest BCUT2D eigenvalue weighted by Gasteiger charge is -2.24. The first-order valence-electron chi connectivity index (χ1n) is 13.8. The molecule has 0 aliphatic carbocycles. The smallest absolute Gasteiger partial charge is 0.318 e. The van der Waals surface area contributed by atoms with E-state index in [1.807, 2.05) is 23.8 Å². The summed E-state index contributed by atoms with van der Waals surface area (Å²) in [5.74, 6) is -0.181. The third-order valence-electron chi connectivity index (χ3n) is 8.08. The number of likely N-dealkylation sites (N-methyl/N-ethyl adjacent to an activating group) is 1. The van der Waals surface area contributed by atoms with Crippen molar-refractivity contribution in [3.05, 3.63) is 46.9 Å². The second kappa shape index (κ2) is 10.8. The van der Waals surface area contributed by atoms with Gasteiger partial charge >= 0.3 is 6.01 Å². The number of aromatic hydroxyl groups is 1. The molecule has 0 saturated carbocycles. The minimum atomic E-state index is -0.395. The number of phenols is 1. The fraction of sp³-hybridized carbons (Fsp3) is 0.483. The van der Waals surface area contributed by atoms with Gasteiger partial charge in [0.05, 0.1) is 30.6 Å². The average molecular weight is 552 g/mol. The number of anilines is 2. The summed E-state index contributed by atoms with van der Waals surface area (Å²) in [6, 6.07) is 6.30. The first-order chi connectivity index (χ1) is 19.3. The van der Waals surface area contributed by atoms with E-state index in [0.717, 1.165) is 6.42 Å². The molecule has 6 rings (SSSR count). The Balaban J connectivity index is 1.41. The first kappa shape index (κ1) is 26.7. The number of likely N-dealkylation sites (tertiary alicyclic amines) is 1. The summed E-state index contributed by atoms with van der Waals surface area (Å²) in [5.41, 5.74) is 1.82. The lowest BCUT2D eigenvalue weighted by atomic mass is 9.99. The van der Waals surface area contributed by atoms with Crippen LogP contribution in [0.15, 0.2) is 24.3 Å². The summed E-state index contributed by atoms with van der Waals surface area (Å²) in [6.07, 6.45) is 1.42. The molecule has 2 fully saturated rings. The maximum absolute atomic E-state index is 14.9. The van der Waals surface area contributed by atoms with Crippen molar-refractivity contribution >= 4 is 28.2 Å². The van der Waals surface area contributed by atoms with Gasteiger partial charge in [-0.2, -0.15) is 9.97 Å². The number of aryl methyl sites for hydroxylation is 1. The Bertz CT molecular complexity index is 1440. The molecule has 1 aromatic heterocycles. The summed E-state index contributed by atoms with van der Waals surface area (Å²) in [4.78, 5) is 29.1. The monoisotopic (exact) mass is 551 g/mol. The average Bonchev–Trinajstić information content (AvgIpc) is 3.29. The predicted molar refractivity (Wildman–Crippen MR) is 148 cm³/mol. The molecule has 0 spiro atoms. The highest BCUT2D eigenvalue weighted by Gasteiger charge is 2.38. The molecule has 10 nitrogen and oxygen atoms in total. The molecule has 3 aromatic rings. The second-order valence-electron chi connectivity index (χ2n) is 10.7. The lowest BCUT2D eigenvalue weighted by Crippen LogP contribution is -2.32. The second-order valence-corrected chi connectivity index (χ2v) is 10.7. The molecular formula is C29H34FN5O5. The van der Waals surface area contributed by atoms with Gasteiger partial charge in [-0.25, -0.2) is 4.39 Å². The van der Waals surface area contributed by atoms with Gasteiger partial charge in [0.25, 0.3) is 5.91 Å². The van der Waals surface area contributed by atoms with Crippen LogP contribution in [0.25, 0.3) is 10.8 Å². The van der Waals surface area contributed by atoms with Crippen LogP contribution in [0.4, 0.5) is 15.9 Å². The van der Waals surface area contributed by atoms with Crippen LogP contribution >= 0.6 is 0 Å². The van der Waals surface area contributed by atoms with Gasteiger partial charge in [0.1, 0.15) is 29.6 Å². The Labute approximate surface area is 231 Å². The summed E-state index contributed by atoms with van der Waals surface area (Å²) in [5, 5.41) is 21.8. The van der Waals surface area contributed by atoms with Crippen LogP contribution in [-0.2, 0) is 17.7 Å². The fourth-order valence-corrected chi connectivity index (χ4v) is 6.06. The summed E-state index contributed by atoms with van der Waals surface area (Å²) in [7, 11) is 1.94. The van der Waals surface area contributed by atoms with Crippen molar-refractivity contribution in [3.8, 4) is 11.8 Å². The van der Waals surface area contributed by atoms with Gasteiger partial charge in [0.2, 0.25) is 0 Å². The number of carbonyl (C=O) groups is 1. The van der Waals surface area contributed by atoms with Crippen molar-refractivity contribution in [1.82, 2.24) is 14.9 Å². The third kappa shape index (κ3) is 4.82. The third-order valence-corrected chi connectivity index (χ3v) is 8.08. The Hall–Kier alpha value is -3.54. The first-order valence-corrected chi connectivity index (χ1v) is 13.8. The molecule has 2 aromatic carbocycles. The zero-order valence-electron chi connectivity index (χ0n) is 22.8. The van der Waals surface area contributed by atoms with E-state index >= 15 is 0 Å². The highest BCUT2D eigenvalue weighted by Crippen LogP contribution is 2.41. The number of nitrogens with zero attached hydrogens (tertiary/aromatic N) is 5. The van der Waals surface area contributed by atoms with Crippen molar-refractivity contribution in [2.45, 2.75) is 44.9 Å². The largest absolute Gasteiger partial charge is 0.508 e. The van der Waals surface area contributed by atoms with Gasteiger partial charge in [-0.3, -0.25) is 9.69 Å². The van der Waals surface area contributed by atoms with Crippen LogP contribution < -0.4 is 14.5 Å². The number of benzene rings is 2. The highest BCUT2D eigenvalue weighted by atomic mass is 19.1. The minimum Gasteiger partial charge on any atom is -0.508 e. The van der Waals surface area contributed by atoms with Crippen LogP contribution in [0.5, 0.6) is 11.8 Å². The molecule has 0 radical (unpaired) electrons. The Morgan fingerprint density at radius 2 is 2.05 bits per heavy atom. The van der Waals surface area contributed by atoms with E-state index in [4.69, 9.17) is 14.5 Å². The zero-order chi connectivity index (χ0) is 28.0. The number of phenolic OH excluding ortho intramolecular Hbond substituents is 1. The molecule has 0 bridgehead atoms. The Kier molecular flexibility index (Phi) is 7.20. The summed E-state index contributed by atoms with van der Waals surface area (Å²) < 4.78 is 26.6. The van der Waals surface area contributed by atoms with Crippen LogP contribution in [0.3, 0.4) is 0 Å². The van der Waals surface area contributed by atoms with Crippen LogP contribution in [0.1, 0.15) is 41.4 Å². The number of fused-ring (bicyclic) bond motifs is 2. The molecule has 11 heteroatoms. The molecular weight excluding hydrogens is 517 g/mol. The molecule has 212 valence electrons. The Morgan fingerprint density at radius 3 is 2.83 bits per heavy atom. The number of carbonyl (C=O) groups excluding carboxylic acids is 1. The van der Waals surface area contributed by atoms with Gasteiger partial charge < -0.3 is 29.5 Å². The van der Waals surface area contributed by atoms with E-state index in [1.54, 1.807) is 17.0 Å². The van der Waals surface area contributed by atoms with Gasteiger partial charge in [-0.05, 0) is 49.4 Å². The molecule has 2 N–H and O–H groups in total. The molecule has 4 heterocycles. The van der Waals surface area contributed by atoms with Crippen molar-refractivity contribution in [2.24, 2.45) is 0 Å². The van der Waals surface area contributed by atoms with Gasteiger partial charge in [0, 0.05) is 43.7 Å². The number of hydrogen-bond donors (Lipinski definition) is 2. The maximum Gasteiger partial charge on any atom is 0.318 e. The topological polar surface area (TPSA) is 111 Å². The standard InChI is InChI=1S/C29H34FN5O5/c1-3-21-22(30)6-5-17-11-19(36)13-24(25(17)21)35-15-23-26(28(35)38)27(34-7-4-9-39-10-8-34)32-29(31-23)40-16-18-12-20(37)14-33(18)2/h5-6,11,13,18,20,36-37H,3-4,7-10,12,14-16H2,1-2H3/t18-,20+/m0/s1. The maximum atomic E-state index is 14.9. The van der Waals surface area contributed by atoms with Crippen molar-refractivity contribution < 1.29 is 28.9 Å². The molecule has 2 saturated heterocycles. The van der Waals surface area contributed by atoms with Gasteiger partial charge in [-0.1, -0.05) is 13.0 Å². The predicted octanol–water partition coefficient (Wildman–Crippen LogP) is 2.87. The zero-order valence-corrected chi connectivity index (χ0v) is 22.8. The number of amides is 1. The van der Waals surface area contributed by atoms with E-state index < -0.39 is 6.10 Å². The number of aliphatic hydroxyl groups excluding tert-OH is 1. The quantitative estimate of drug-likeness (QED) is 0.478. The molecule has 0 unspecified atom stereocenters. The van der Waals surface area contributed by atoms with Crippen molar-refractivity contribution in [3.63, 3.8) is 0 Å². The molecule has 1 amide bonds. The van der Waals surface area contributed by atoms with E-state index in [9.17, 15) is 19.4 Å². The molecule has 3 aliphatic rings. The fourth-order valence-electron chi connectivity index (χ4n) is 6.06. The van der Waals surface area contributed by atoms with E-state index in [-0.39, 0.29) is 36.1 Å². The summed E-state index contributed by atoms with van der Waals surface area (Å²) in [6.45, 7) is 5.25. The number of rotatable bonds is 6. The molecule has 40 heavy (non-hydrogen) atoms. The van der Waals surface area contributed by atoms with E-state index in [2.05, 4.69) is 4.98 Å². The van der Waals surface area contributed by atoms with Crippen LogP contribution in [-0.4, -0.2) is 89.6 Å². The SMILES string of the molecule is CCc1c(F)ccc2cc(O)cc(N3Cc4nc(OC[C@@H]5C[C@@H](O)CN5C)nc(N5CCCOCC5)c4C3=O)c12. The van der Waals surface area contributed by atoms with Gasteiger partial charge in [-0.15, -0.1) is 0 Å². The number of aromatic nitrogens is 2. The number of halogens is 1. The van der Waals surface area contributed by atoms with Crippen molar-refractivity contribution in [1.29, 1.82) is 0 Å². The van der Waals surface area contributed by atoms with Crippen LogP contribution in [0, 0.1) is 5.82 Å². The molecule has 3 aliphatic heterocycles. The lowest BCUT2D eigenvalue weighted by molar-refractivity contribution is 0.0996. The van der Waals surface area contributed by atoms with Gasteiger partial charge in [0.15, 0.2) is 0 Å². The molecule has 2 atom stereocenters. The highest BCUT2D eigenvalue weighted by molar-refractivity contribution is 6.16. The normalized spacial score (nSPS) is 21.8. The number of hydrogen-bond acceptors (Lipinski definition) is 9. The van der Waals surface area contributed by atoms with E-state index in [0.29, 0.717) is 91.4 Å². The van der Waals surface area contributed by atoms with Crippen molar-refractivity contribution in [2.75, 3.05) is 56.3 Å². The Morgan fingerprint density at radius 1 is 1.20 bits per heavy atom. The van der Waals surface area contributed by atoms with Crippen LogP contribution in [0.2, 0.25) is 0 Å². The van der Waals surface area contributed by atoms with E-state index in [1.165, 1.54) is 12.1 Å². The summed E-state index contributed by atoms with van der Waals surface area (Å²) >= 11 is 0. The minimum absolute atomic E-state index is 0.0113. The number of ether oxygens (including phenoxy) is 2. The number of β-amino-alcohol motifs (C(OH)–C–C–N with tert-alkyl or cyclic N) is 1.